The van der Waals surface area contributed by atoms with E-state index in [-0.39, 0.29) is 11.3 Å². The molecular weight excluding hydrogens is 452 g/mol. The molecule has 2 aliphatic rings. The van der Waals surface area contributed by atoms with Crippen molar-refractivity contribution in [1.82, 2.24) is 4.90 Å². The van der Waals surface area contributed by atoms with Crippen molar-refractivity contribution in [3.63, 3.8) is 0 Å². The van der Waals surface area contributed by atoms with Crippen LogP contribution in [0.5, 0.6) is 11.5 Å². The van der Waals surface area contributed by atoms with Crippen LogP contribution < -0.4 is 19.5 Å². The zero-order chi connectivity index (χ0) is 24.9. The number of furan rings is 1. The minimum atomic E-state index is -0.836. The van der Waals surface area contributed by atoms with Gasteiger partial charge in [0.2, 0.25) is 11.7 Å². The third-order valence-corrected chi connectivity index (χ3v) is 6.43. The molecule has 1 aromatic carbocycles. The molecule has 1 amide bonds. The summed E-state index contributed by atoms with van der Waals surface area (Å²) >= 11 is 0. The van der Waals surface area contributed by atoms with Gasteiger partial charge in [-0.15, -0.1) is 0 Å². The molecule has 9 nitrogen and oxygen atoms in total. The van der Waals surface area contributed by atoms with Crippen molar-refractivity contribution < 1.29 is 38.2 Å². The van der Waals surface area contributed by atoms with Crippen molar-refractivity contribution in [1.29, 1.82) is 0 Å². The van der Waals surface area contributed by atoms with Gasteiger partial charge in [0, 0.05) is 18.5 Å². The molecule has 0 aliphatic carbocycles. The third kappa shape index (κ3) is 5.21. The van der Waals surface area contributed by atoms with E-state index in [1.807, 2.05) is 6.92 Å². The predicted molar refractivity (Wildman–Crippen MR) is 124 cm³/mol. The Bertz CT molecular complexity index is 1100. The summed E-state index contributed by atoms with van der Waals surface area (Å²) in [7, 11) is 1.52. The number of quaternary nitrogens is 1. The molecule has 2 aliphatic heterocycles. The van der Waals surface area contributed by atoms with Crippen molar-refractivity contribution in [2.24, 2.45) is 0 Å². The summed E-state index contributed by atoms with van der Waals surface area (Å²) in [5, 5.41) is 13.1. The highest BCUT2D eigenvalue weighted by atomic mass is 16.5. The van der Waals surface area contributed by atoms with Crippen molar-refractivity contribution in [2.45, 2.75) is 26.3 Å². The van der Waals surface area contributed by atoms with Gasteiger partial charge < -0.3 is 33.5 Å². The van der Waals surface area contributed by atoms with Crippen molar-refractivity contribution >= 4 is 11.7 Å². The van der Waals surface area contributed by atoms with E-state index in [2.05, 4.69) is 0 Å². The molecule has 9 heteroatoms. The molecule has 1 unspecified atom stereocenters. The highest BCUT2D eigenvalue weighted by Crippen LogP contribution is 2.41. The van der Waals surface area contributed by atoms with Gasteiger partial charge in [0.25, 0.3) is 0 Å². The topological polar surface area (TPSA) is 106 Å². The molecule has 2 aromatic rings. The fraction of sp³-hybridized carbons (Fsp3) is 0.462. The SMILES string of the molecule is CCOc1ccc(C2C(C(=O)c3ccc(C)o3)=C([O-])C(=O)N2CCC[NH+]2CCOCC2)cc1OC. The maximum Gasteiger partial charge on any atom is 0.239 e. The predicted octanol–water partition coefficient (Wildman–Crippen LogP) is 0.681. The lowest BCUT2D eigenvalue weighted by molar-refractivity contribution is -0.908. The molecule has 0 spiro atoms. The van der Waals surface area contributed by atoms with Crippen LogP contribution in [0, 0.1) is 6.92 Å². The molecule has 4 rings (SSSR count). The van der Waals surface area contributed by atoms with E-state index >= 15 is 0 Å². The molecule has 0 bridgehead atoms. The second kappa shape index (κ2) is 11.0. The van der Waals surface area contributed by atoms with E-state index in [1.165, 1.54) is 23.0 Å². The standard InChI is InChI=1S/C26H32N2O7/c1-4-34-19-9-7-18(16-21(19)32-3)23-22(24(29)20-8-6-17(2)35-20)25(30)26(31)28(23)11-5-10-27-12-14-33-15-13-27/h6-9,16,23,30H,4-5,10-15H2,1-3H3. The Labute approximate surface area is 204 Å². The zero-order valence-corrected chi connectivity index (χ0v) is 20.4. The number of nitrogens with one attached hydrogen (secondary N) is 1. The van der Waals surface area contributed by atoms with Crippen LogP contribution in [0.3, 0.4) is 0 Å². The number of carbonyl (C=O) groups excluding carboxylic acids is 2. The number of ketones is 1. The lowest BCUT2D eigenvalue weighted by atomic mass is 9.94. The number of hydrogen-bond acceptors (Lipinski definition) is 7. The Kier molecular flexibility index (Phi) is 7.77. The van der Waals surface area contributed by atoms with Gasteiger partial charge in [-0.1, -0.05) is 6.07 Å². The number of rotatable bonds is 10. The van der Waals surface area contributed by atoms with Crippen LogP contribution in [0.1, 0.15) is 41.3 Å². The molecule has 1 aromatic heterocycles. The third-order valence-electron chi connectivity index (χ3n) is 6.43. The Morgan fingerprint density at radius 2 is 1.97 bits per heavy atom. The molecule has 1 fully saturated rings. The minimum absolute atomic E-state index is 0.0427. The number of benzene rings is 1. The van der Waals surface area contributed by atoms with Gasteiger partial charge in [-0.2, -0.15) is 0 Å². The Balaban J connectivity index is 1.66. The van der Waals surface area contributed by atoms with Crippen LogP contribution in [-0.4, -0.2) is 69.7 Å². The molecule has 0 radical (unpaired) electrons. The number of nitrogens with zero attached hydrogens (tertiary/aromatic N) is 1. The van der Waals surface area contributed by atoms with Gasteiger partial charge in [0.15, 0.2) is 17.3 Å². The van der Waals surface area contributed by atoms with E-state index in [0.29, 0.717) is 42.4 Å². The van der Waals surface area contributed by atoms with Crippen LogP contribution in [0.4, 0.5) is 0 Å². The summed E-state index contributed by atoms with van der Waals surface area (Å²) in [4.78, 5) is 29.4. The van der Waals surface area contributed by atoms with Gasteiger partial charge in [-0.3, -0.25) is 9.59 Å². The zero-order valence-electron chi connectivity index (χ0n) is 20.4. The first-order chi connectivity index (χ1) is 16.9. The summed E-state index contributed by atoms with van der Waals surface area (Å²) in [5.74, 6) is -0.430. The number of carbonyl (C=O) groups is 2. The molecule has 188 valence electrons. The van der Waals surface area contributed by atoms with E-state index < -0.39 is 23.5 Å². The fourth-order valence-corrected chi connectivity index (χ4v) is 4.68. The molecule has 1 N–H and O–H groups in total. The minimum Gasteiger partial charge on any atom is -0.868 e. The van der Waals surface area contributed by atoms with Crippen LogP contribution >= 0.6 is 0 Å². The second-order valence-corrected chi connectivity index (χ2v) is 8.69. The summed E-state index contributed by atoms with van der Waals surface area (Å²) in [6.45, 7) is 8.53. The van der Waals surface area contributed by atoms with E-state index in [9.17, 15) is 14.7 Å². The summed E-state index contributed by atoms with van der Waals surface area (Å²) in [5.41, 5.74) is 0.504. The highest BCUT2D eigenvalue weighted by molar-refractivity contribution is 6.14. The van der Waals surface area contributed by atoms with E-state index in [4.69, 9.17) is 18.6 Å². The molecule has 1 atom stereocenters. The van der Waals surface area contributed by atoms with Crippen LogP contribution in [0.2, 0.25) is 0 Å². The van der Waals surface area contributed by atoms with Crippen molar-refractivity contribution in [3.8, 4) is 11.5 Å². The van der Waals surface area contributed by atoms with Crippen molar-refractivity contribution in [2.75, 3.05) is 53.1 Å². The van der Waals surface area contributed by atoms with Crippen molar-refractivity contribution in [3.05, 3.63) is 58.7 Å². The summed E-state index contributed by atoms with van der Waals surface area (Å²) in [6, 6.07) is 7.58. The average Bonchev–Trinajstić information content (AvgIpc) is 3.41. The monoisotopic (exact) mass is 484 g/mol. The van der Waals surface area contributed by atoms with Gasteiger partial charge in [-0.25, -0.2) is 0 Å². The molecule has 3 heterocycles. The first kappa shape index (κ1) is 24.8. The lowest BCUT2D eigenvalue weighted by Gasteiger charge is -2.29. The molecule has 35 heavy (non-hydrogen) atoms. The Morgan fingerprint density at radius 1 is 1.20 bits per heavy atom. The number of ether oxygens (including phenoxy) is 3. The fourth-order valence-electron chi connectivity index (χ4n) is 4.68. The Morgan fingerprint density at radius 3 is 2.63 bits per heavy atom. The first-order valence-electron chi connectivity index (χ1n) is 12.0. The average molecular weight is 485 g/mol. The smallest absolute Gasteiger partial charge is 0.239 e. The lowest BCUT2D eigenvalue weighted by Crippen LogP contribution is -3.14. The maximum absolute atomic E-state index is 13.4. The summed E-state index contributed by atoms with van der Waals surface area (Å²) < 4.78 is 22.0. The Hall–Kier alpha value is -3.30. The van der Waals surface area contributed by atoms with Crippen LogP contribution in [0.25, 0.3) is 0 Å². The first-order valence-corrected chi connectivity index (χ1v) is 12.0. The van der Waals surface area contributed by atoms with Gasteiger partial charge in [0.1, 0.15) is 18.8 Å². The molecule has 0 saturated carbocycles. The number of aryl methyl sites for hydroxylation is 1. The summed E-state index contributed by atoms with van der Waals surface area (Å²) in [6.07, 6.45) is 0.695. The quantitative estimate of drug-likeness (QED) is 0.495. The normalized spacial score (nSPS) is 18.9. The second-order valence-electron chi connectivity index (χ2n) is 8.69. The largest absolute Gasteiger partial charge is 0.868 e. The molecular formula is C26H32N2O7. The van der Waals surface area contributed by atoms with E-state index in [1.54, 1.807) is 31.2 Å². The number of Topliss-reactive ketones (excluding diaryl/α,β-unsaturated/α-hetero) is 1. The number of morpholine rings is 1. The van der Waals surface area contributed by atoms with E-state index in [0.717, 1.165) is 32.8 Å². The maximum atomic E-state index is 13.4. The number of methoxy groups -OCH3 is 1. The van der Waals surface area contributed by atoms with Crippen LogP contribution in [-0.2, 0) is 9.53 Å². The highest BCUT2D eigenvalue weighted by Gasteiger charge is 2.40. The van der Waals surface area contributed by atoms with Gasteiger partial charge in [0.05, 0.1) is 39.5 Å². The number of hydrogen-bond donors (Lipinski definition) is 1. The number of amides is 1. The van der Waals surface area contributed by atoms with Crippen LogP contribution in [0.15, 0.2) is 46.1 Å². The van der Waals surface area contributed by atoms with Gasteiger partial charge in [-0.05, 0) is 49.4 Å². The van der Waals surface area contributed by atoms with Gasteiger partial charge >= 0.3 is 0 Å². The molecule has 1 saturated heterocycles.